The molecule has 0 radical (unpaired) electrons. The highest BCUT2D eigenvalue weighted by molar-refractivity contribution is 6.34. The van der Waals surface area contributed by atoms with Gasteiger partial charge in [-0.05, 0) is 42.3 Å². The SMILES string of the molecule is O=C(Nc1ccc2c(c1)CCN2C(=O)c1ccoc1)c1ccc([N+](=O)[O-])cc1Cl. The molecule has 0 spiro atoms. The van der Waals surface area contributed by atoms with Crippen LogP contribution in [0.25, 0.3) is 0 Å². The molecule has 0 atom stereocenters. The van der Waals surface area contributed by atoms with E-state index in [1.165, 1.54) is 24.7 Å². The summed E-state index contributed by atoms with van der Waals surface area (Å²) in [6.07, 6.45) is 3.51. The molecule has 1 aliphatic heterocycles. The summed E-state index contributed by atoms with van der Waals surface area (Å²) in [5.74, 6) is -0.624. The normalized spacial score (nSPS) is 12.5. The van der Waals surface area contributed by atoms with Crippen LogP contribution in [0, 0.1) is 10.1 Å². The summed E-state index contributed by atoms with van der Waals surface area (Å²) in [6, 6.07) is 10.6. The average Bonchev–Trinajstić information content (AvgIpc) is 3.37. The van der Waals surface area contributed by atoms with Crippen molar-refractivity contribution in [2.45, 2.75) is 6.42 Å². The summed E-state index contributed by atoms with van der Waals surface area (Å²) in [5.41, 5.74) is 2.67. The number of benzene rings is 2. The molecule has 2 amide bonds. The van der Waals surface area contributed by atoms with Crippen LogP contribution in [0.4, 0.5) is 17.1 Å². The molecule has 0 saturated heterocycles. The van der Waals surface area contributed by atoms with Crippen LogP contribution in [0.3, 0.4) is 0 Å². The quantitative estimate of drug-likeness (QED) is 0.509. The van der Waals surface area contributed by atoms with Gasteiger partial charge in [-0.2, -0.15) is 0 Å². The Balaban J connectivity index is 1.52. The van der Waals surface area contributed by atoms with Gasteiger partial charge in [0.1, 0.15) is 6.26 Å². The maximum Gasteiger partial charge on any atom is 0.270 e. The van der Waals surface area contributed by atoms with E-state index in [1.54, 1.807) is 29.2 Å². The summed E-state index contributed by atoms with van der Waals surface area (Å²) in [7, 11) is 0. The van der Waals surface area contributed by atoms with Gasteiger partial charge in [-0.15, -0.1) is 0 Å². The van der Waals surface area contributed by atoms with Crippen molar-refractivity contribution < 1.29 is 18.9 Å². The Hall–Kier alpha value is -3.65. The second-order valence-electron chi connectivity index (χ2n) is 6.44. The summed E-state index contributed by atoms with van der Waals surface area (Å²) >= 11 is 6.01. The minimum atomic E-state index is -0.579. The van der Waals surface area contributed by atoms with E-state index < -0.39 is 10.8 Å². The fraction of sp³-hybridized carbons (Fsp3) is 0.100. The van der Waals surface area contributed by atoms with Crippen molar-refractivity contribution in [3.63, 3.8) is 0 Å². The number of amides is 2. The molecule has 0 unspecified atom stereocenters. The third-order valence-electron chi connectivity index (χ3n) is 4.65. The summed E-state index contributed by atoms with van der Waals surface area (Å²) < 4.78 is 4.98. The predicted molar refractivity (Wildman–Crippen MR) is 107 cm³/mol. The van der Waals surface area contributed by atoms with Crippen LogP contribution in [0.5, 0.6) is 0 Å². The summed E-state index contributed by atoms with van der Waals surface area (Å²) in [5, 5.41) is 13.5. The Morgan fingerprint density at radius 2 is 2.00 bits per heavy atom. The first-order chi connectivity index (χ1) is 13.9. The number of non-ortho nitro benzene ring substituents is 1. The van der Waals surface area contributed by atoms with Crippen molar-refractivity contribution in [1.29, 1.82) is 0 Å². The van der Waals surface area contributed by atoms with E-state index in [0.717, 1.165) is 17.3 Å². The molecule has 4 rings (SSSR count). The number of nitro groups is 1. The van der Waals surface area contributed by atoms with Crippen molar-refractivity contribution in [2.75, 3.05) is 16.8 Å². The van der Waals surface area contributed by atoms with Crippen molar-refractivity contribution in [3.05, 3.63) is 86.8 Å². The standard InChI is InChI=1S/C20H14ClN3O5/c21-17-10-15(24(27)28)2-3-16(17)19(25)22-14-1-4-18-12(9-14)5-7-23(18)20(26)13-6-8-29-11-13/h1-4,6,8-11H,5,7H2,(H,22,25). The molecule has 8 nitrogen and oxygen atoms in total. The lowest BCUT2D eigenvalue weighted by Gasteiger charge is -2.16. The highest BCUT2D eigenvalue weighted by Gasteiger charge is 2.26. The Bertz CT molecular complexity index is 1130. The fourth-order valence-corrected chi connectivity index (χ4v) is 3.49. The number of nitrogens with one attached hydrogen (secondary N) is 1. The Morgan fingerprint density at radius 1 is 1.17 bits per heavy atom. The van der Waals surface area contributed by atoms with Gasteiger partial charge in [0.05, 0.1) is 27.3 Å². The first-order valence-corrected chi connectivity index (χ1v) is 9.04. The maximum absolute atomic E-state index is 12.6. The van der Waals surface area contributed by atoms with E-state index in [0.29, 0.717) is 24.2 Å². The van der Waals surface area contributed by atoms with Gasteiger partial charge in [0.15, 0.2) is 0 Å². The molecule has 0 fully saturated rings. The van der Waals surface area contributed by atoms with Crippen molar-refractivity contribution in [1.82, 2.24) is 0 Å². The Labute approximate surface area is 169 Å². The van der Waals surface area contributed by atoms with Crippen LogP contribution in [-0.4, -0.2) is 23.3 Å². The zero-order valence-electron chi connectivity index (χ0n) is 14.9. The molecule has 0 saturated carbocycles. The number of nitro benzene ring substituents is 1. The number of carbonyl (C=O) groups is 2. The number of carbonyl (C=O) groups excluding carboxylic acids is 2. The predicted octanol–water partition coefficient (Wildman–Crippen LogP) is 4.30. The number of anilines is 2. The molecule has 29 heavy (non-hydrogen) atoms. The van der Waals surface area contributed by atoms with Crippen molar-refractivity contribution >= 4 is 40.5 Å². The van der Waals surface area contributed by atoms with Crippen LogP contribution >= 0.6 is 11.6 Å². The molecule has 146 valence electrons. The number of halogens is 1. The van der Waals surface area contributed by atoms with Gasteiger partial charge in [0, 0.05) is 30.1 Å². The van der Waals surface area contributed by atoms with Gasteiger partial charge in [0.25, 0.3) is 17.5 Å². The summed E-state index contributed by atoms with van der Waals surface area (Å²) in [4.78, 5) is 37.0. The molecule has 1 aromatic heterocycles. The number of nitrogens with zero attached hydrogens (tertiary/aromatic N) is 2. The Morgan fingerprint density at radius 3 is 2.69 bits per heavy atom. The van der Waals surface area contributed by atoms with E-state index >= 15 is 0 Å². The largest absolute Gasteiger partial charge is 0.472 e. The molecule has 2 aromatic carbocycles. The van der Waals surface area contributed by atoms with E-state index in [4.69, 9.17) is 16.0 Å². The second-order valence-corrected chi connectivity index (χ2v) is 6.84. The lowest BCUT2D eigenvalue weighted by molar-refractivity contribution is -0.384. The van der Waals surface area contributed by atoms with Crippen LogP contribution < -0.4 is 10.2 Å². The average molecular weight is 412 g/mol. The molecule has 9 heteroatoms. The van der Waals surface area contributed by atoms with Gasteiger partial charge in [0.2, 0.25) is 0 Å². The minimum Gasteiger partial charge on any atom is -0.472 e. The molecule has 0 aliphatic carbocycles. The van der Waals surface area contributed by atoms with E-state index in [9.17, 15) is 19.7 Å². The number of fused-ring (bicyclic) bond motifs is 1. The first-order valence-electron chi connectivity index (χ1n) is 8.66. The molecular weight excluding hydrogens is 398 g/mol. The van der Waals surface area contributed by atoms with Crippen molar-refractivity contribution in [3.8, 4) is 0 Å². The van der Waals surface area contributed by atoms with Gasteiger partial charge >= 0.3 is 0 Å². The molecular formula is C20H14ClN3O5. The second kappa shape index (κ2) is 7.40. The van der Waals surface area contributed by atoms with Crippen LogP contribution in [0.1, 0.15) is 26.3 Å². The number of rotatable bonds is 4. The van der Waals surface area contributed by atoms with Gasteiger partial charge < -0.3 is 14.6 Å². The van der Waals surface area contributed by atoms with Gasteiger partial charge in [-0.25, -0.2) is 0 Å². The van der Waals surface area contributed by atoms with Crippen LogP contribution in [-0.2, 0) is 6.42 Å². The fourth-order valence-electron chi connectivity index (χ4n) is 3.23. The molecule has 3 aromatic rings. The molecule has 1 aliphatic rings. The van der Waals surface area contributed by atoms with Gasteiger partial charge in [-0.3, -0.25) is 19.7 Å². The third-order valence-corrected chi connectivity index (χ3v) is 4.97. The van der Waals surface area contributed by atoms with Gasteiger partial charge in [-0.1, -0.05) is 11.6 Å². The number of hydrogen-bond acceptors (Lipinski definition) is 5. The molecule has 2 heterocycles. The topological polar surface area (TPSA) is 106 Å². The number of furan rings is 1. The van der Waals surface area contributed by atoms with E-state index in [-0.39, 0.29) is 22.2 Å². The van der Waals surface area contributed by atoms with E-state index in [1.807, 2.05) is 0 Å². The van der Waals surface area contributed by atoms with Crippen LogP contribution in [0.15, 0.2) is 59.4 Å². The zero-order valence-corrected chi connectivity index (χ0v) is 15.7. The molecule has 0 bridgehead atoms. The van der Waals surface area contributed by atoms with Crippen molar-refractivity contribution in [2.24, 2.45) is 0 Å². The Kier molecular flexibility index (Phi) is 4.77. The molecule has 1 N–H and O–H groups in total. The first kappa shape index (κ1) is 18.7. The maximum atomic E-state index is 12.6. The monoisotopic (exact) mass is 411 g/mol. The van der Waals surface area contributed by atoms with Crippen LogP contribution in [0.2, 0.25) is 5.02 Å². The number of hydrogen-bond donors (Lipinski definition) is 1. The lowest BCUT2D eigenvalue weighted by Crippen LogP contribution is -2.28. The zero-order chi connectivity index (χ0) is 20.5. The minimum absolute atomic E-state index is 0.00487. The highest BCUT2D eigenvalue weighted by Crippen LogP contribution is 2.32. The summed E-state index contributed by atoms with van der Waals surface area (Å²) in [6.45, 7) is 0.533. The highest BCUT2D eigenvalue weighted by atomic mass is 35.5. The van der Waals surface area contributed by atoms with E-state index in [2.05, 4.69) is 5.32 Å². The smallest absolute Gasteiger partial charge is 0.270 e. The third kappa shape index (κ3) is 3.57. The lowest BCUT2D eigenvalue weighted by atomic mass is 10.1.